The van der Waals surface area contributed by atoms with Crippen LogP contribution >= 0.6 is 0 Å². The predicted octanol–water partition coefficient (Wildman–Crippen LogP) is 0.0772. The molecule has 24 heavy (non-hydrogen) atoms. The van der Waals surface area contributed by atoms with Gasteiger partial charge in [-0.3, -0.25) is 40.3 Å². The summed E-state index contributed by atoms with van der Waals surface area (Å²) in [6.07, 6.45) is 0. The zero-order valence-electron chi connectivity index (χ0n) is 12.4. The van der Waals surface area contributed by atoms with Crippen LogP contribution in [-0.4, -0.2) is 45.6 Å². The van der Waals surface area contributed by atoms with Crippen LogP contribution in [0.1, 0.15) is 0 Å². The summed E-state index contributed by atoms with van der Waals surface area (Å²) in [6.45, 7) is 0. The highest BCUT2D eigenvalue weighted by molar-refractivity contribution is 6.39. The van der Waals surface area contributed by atoms with E-state index >= 15 is 0 Å². The van der Waals surface area contributed by atoms with Crippen molar-refractivity contribution in [3.63, 3.8) is 0 Å². The number of non-ortho nitro benzene ring substituents is 1. The van der Waals surface area contributed by atoms with Crippen molar-refractivity contribution in [1.82, 2.24) is 0 Å². The average Bonchev–Trinajstić information content (AvgIpc) is 2.53. The maximum atomic E-state index is 10.4. The molecule has 1 aromatic rings. The number of nitrogens with zero attached hydrogens (tertiary/aromatic N) is 5. The number of phenols is 1. The van der Waals surface area contributed by atoms with Gasteiger partial charge >= 0.3 is 11.4 Å². The molecule has 1 aromatic carbocycles. The summed E-state index contributed by atoms with van der Waals surface area (Å²) in [4.78, 5) is 35.0. The van der Waals surface area contributed by atoms with Crippen LogP contribution in [0.5, 0.6) is 5.75 Å². The van der Waals surface area contributed by atoms with Crippen molar-refractivity contribution in [3.8, 4) is 5.75 Å². The largest absolute Gasteiger partial charge is 0.497 e. The number of hydrogen-bond donors (Lipinski definition) is 3. The van der Waals surface area contributed by atoms with Crippen LogP contribution in [0.15, 0.2) is 22.1 Å². The molecule has 0 unspecified atom stereocenters. The Kier molecular flexibility index (Phi) is 7.20. The van der Waals surface area contributed by atoms with Gasteiger partial charge in [0, 0.05) is 14.1 Å². The number of phenolic OH excluding ortho intramolecular Hbond substituents is 1. The molecule has 0 saturated heterocycles. The zero-order chi connectivity index (χ0) is 19.0. The molecule has 1 rings (SSSR count). The van der Waals surface area contributed by atoms with Gasteiger partial charge in [0.25, 0.3) is 11.4 Å². The van der Waals surface area contributed by atoms with Gasteiger partial charge in [0.05, 0.1) is 26.9 Å². The van der Waals surface area contributed by atoms with E-state index in [1.165, 1.54) is 0 Å². The van der Waals surface area contributed by atoms with Crippen LogP contribution in [0.4, 0.5) is 17.1 Å². The fourth-order valence-electron chi connectivity index (χ4n) is 1.20. The molecule has 130 valence electrons. The molecule has 0 spiro atoms. The zero-order valence-corrected chi connectivity index (χ0v) is 12.4. The normalized spacial score (nSPS) is 11.2. The van der Waals surface area contributed by atoms with Gasteiger partial charge in [-0.1, -0.05) is 0 Å². The van der Waals surface area contributed by atoms with E-state index in [4.69, 9.17) is 16.6 Å². The molecule has 0 amide bonds. The molecule has 5 N–H and O–H groups in total. The number of amidine groups is 2. The predicted molar refractivity (Wildman–Crippen MR) is 83.2 cm³/mol. The molecular formula is C10H13N7O7. The number of nitro benzene ring substituents is 3. The third kappa shape index (κ3) is 5.17. The van der Waals surface area contributed by atoms with Crippen LogP contribution in [0.3, 0.4) is 0 Å². The van der Waals surface area contributed by atoms with E-state index < -0.39 is 37.6 Å². The molecule has 0 fully saturated rings. The number of aromatic hydroxyl groups is 1. The monoisotopic (exact) mass is 343 g/mol. The van der Waals surface area contributed by atoms with E-state index in [1.807, 2.05) is 0 Å². The summed E-state index contributed by atoms with van der Waals surface area (Å²) in [5, 5.41) is 40.2. The summed E-state index contributed by atoms with van der Waals surface area (Å²) >= 11 is 0. The number of benzene rings is 1. The number of rotatable bonds is 3. The van der Waals surface area contributed by atoms with E-state index in [0.29, 0.717) is 12.1 Å². The smallest absolute Gasteiger partial charge is 0.324 e. The molecule has 0 aliphatic carbocycles. The highest BCUT2D eigenvalue weighted by Crippen LogP contribution is 2.38. The summed E-state index contributed by atoms with van der Waals surface area (Å²) in [6, 6.07) is 0.894. The number of nitro groups is 3. The Morgan fingerprint density at radius 3 is 1.46 bits per heavy atom. The molecule has 0 atom stereocenters. The molecule has 0 aromatic heterocycles. The Morgan fingerprint density at radius 1 is 0.917 bits per heavy atom. The lowest BCUT2D eigenvalue weighted by Crippen LogP contribution is -2.30. The number of hydrogen-bond acceptors (Lipinski definition) is 9. The number of nitrogens with two attached hydrogens (primary N) is 2. The number of aliphatic imine (C=N–C) groups is 2. The van der Waals surface area contributed by atoms with Gasteiger partial charge in [-0.2, -0.15) is 0 Å². The van der Waals surface area contributed by atoms with Crippen LogP contribution in [-0.2, 0) is 0 Å². The second-order valence-electron chi connectivity index (χ2n) is 3.82. The van der Waals surface area contributed by atoms with Crippen molar-refractivity contribution in [2.24, 2.45) is 21.5 Å². The third-order valence-electron chi connectivity index (χ3n) is 2.40. The Bertz CT molecular complexity index is 677. The first kappa shape index (κ1) is 20.2. The van der Waals surface area contributed by atoms with Crippen LogP contribution in [0.2, 0.25) is 0 Å². The van der Waals surface area contributed by atoms with Gasteiger partial charge in [0.15, 0.2) is 11.7 Å². The first-order chi connectivity index (χ1) is 11.1. The molecule has 14 nitrogen and oxygen atoms in total. The minimum Gasteiger partial charge on any atom is -0.497 e. The quantitative estimate of drug-likeness (QED) is 0.291. The highest BCUT2D eigenvalue weighted by atomic mass is 16.6. The SMILES string of the molecule is CN=C(N)C(N)=NC.O=[N+]([O-])c1cc([N+](=O)[O-])c(O)c([N+](=O)[O-])c1. The maximum absolute atomic E-state index is 10.4. The first-order valence-electron chi connectivity index (χ1n) is 5.81. The van der Waals surface area contributed by atoms with Gasteiger partial charge in [-0.25, -0.2) is 0 Å². The second kappa shape index (κ2) is 8.57. The van der Waals surface area contributed by atoms with Crippen LogP contribution in [0.25, 0.3) is 0 Å². The van der Waals surface area contributed by atoms with Crippen molar-refractivity contribution in [2.75, 3.05) is 14.1 Å². The molecule has 0 radical (unpaired) electrons. The summed E-state index contributed by atoms with van der Waals surface area (Å²) in [5.74, 6) is -0.638. The van der Waals surface area contributed by atoms with Crippen molar-refractivity contribution >= 4 is 28.7 Å². The van der Waals surface area contributed by atoms with E-state index in [-0.39, 0.29) is 11.7 Å². The van der Waals surface area contributed by atoms with E-state index in [1.54, 1.807) is 14.1 Å². The fraction of sp³-hybridized carbons (Fsp3) is 0.200. The van der Waals surface area contributed by atoms with Gasteiger partial charge in [-0.15, -0.1) is 0 Å². The standard InChI is InChI=1S/C6H3N3O7.C4H10N4/c10-6-4(8(13)14)1-3(7(11)12)2-5(6)9(15)16;1-7-3(5)4(6)8-2/h1-2,10H;1-2H3,(H2,5,7)(H2,6,8). The summed E-state index contributed by atoms with van der Waals surface area (Å²) < 4.78 is 0. The van der Waals surface area contributed by atoms with Gasteiger partial charge in [-0.05, 0) is 0 Å². The van der Waals surface area contributed by atoms with Gasteiger partial charge in [0.1, 0.15) is 0 Å². The van der Waals surface area contributed by atoms with E-state index in [9.17, 15) is 30.3 Å². The Balaban J connectivity index is 0.000000561. The van der Waals surface area contributed by atoms with Crippen molar-refractivity contribution in [2.45, 2.75) is 0 Å². The van der Waals surface area contributed by atoms with Gasteiger partial charge < -0.3 is 16.6 Å². The van der Waals surface area contributed by atoms with Crippen LogP contribution < -0.4 is 11.5 Å². The second-order valence-corrected chi connectivity index (χ2v) is 3.82. The van der Waals surface area contributed by atoms with E-state index in [2.05, 4.69) is 9.98 Å². The topological polar surface area (TPSA) is 226 Å². The van der Waals surface area contributed by atoms with Crippen molar-refractivity contribution in [3.05, 3.63) is 42.5 Å². The molecule has 0 aliphatic heterocycles. The molecule has 0 heterocycles. The fourth-order valence-corrected chi connectivity index (χ4v) is 1.20. The minimum absolute atomic E-state index is 0.285. The lowest BCUT2D eigenvalue weighted by Gasteiger charge is -1.97. The molecule has 0 saturated carbocycles. The van der Waals surface area contributed by atoms with E-state index in [0.717, 1.165) is 0 Å². The Morgan fingerprint density at radius 2 is 1.25 bits per heavy atom. The highest BCUT2D eigenvalue weighted by Gasteiger charge is 2.30. The molecule has 0 aliphatic rings. The summed E-state index contributed by atoms with van der Waals surface area (Å²) in [5.41, 5.74) is 7.44. The van der Waals surface area contributed by atoms with Crippen molar-refractivity contribution < 1.29 is 19.9 Å². The lowest BCUT2D eigenvalue weighted by atomic mass is 10.2. The maximum Gasteiger partial charge on any atom is 0.324 e. The third-order valence-corrected chi connectivity index (χ3v) is 2.40. The lowest BCUT2D eigenvalue weighted by molar-refractivity contribution is -0.404. The van der Waals surface area contributed by atoms with Crippen molar-refractivity contribution in [1.29, 1.82) is 0 Å². The average molecular weight is 343 g/mol. The molecule has 14 heteroatoms. The Hall–Kier alpha value is -3.84. The summed E-state index contributed by atoms with van der Waals surface area (Å²) in [7, 11) is 3.13. The Labute approximate surface area is 133 Å². The minimum atomic E-state index is -1.21. The van der Waals surface area contributed by atoms with Crippen LogP contribution in [0, 0.1) is 30.3 Å². The van der Waals surface area contributed by atoms with Gasteiger partial charge in [0.2, 0.25) is 0 Å². The molecule has 0 bridgehead atoms. The first-order valence-corrected chi connectivity index (χ1v) is 5.81. The molecular weight excluding hydrogens is 330 g/mol.